The lowest BCUT2D eigenvalue weighted by atomic mass is 10.0. The van der Waals surface area contributed by atoms with E-state index in [-0.39, 0.29) is 0 Å². The largest absolute Gasteiger partial charge is 0.437 e. The Balaban J connectivity index is 4.42. The SMILES string of the molecule is CCC(C)CCC[Si](C)(C)O[Si](C)(C)O[Si](C)(C)CCC[C@H](C)CC. The third kappa shape index (κ3) is 13.4. The molecule has 0 rings (SSSR count). The van der Waals surface area contributed by atoms with Gasteiger partial charge in [-0.1, -0.05) is 66.2 Å². The lowest BCUT2D eigenvalue weighted by Crippen LogP contribution is -2.52. The van der Waals surface area contributed by atoms with Crippen LogP contribution in [0.15, 0.2) is 0 Å². The normalized spacial score (nSPS) is 16.1. The molecule has 5 heteroatoms. The van der Waals surface area contributed by atoms with E-state index >= 15 is 0 Å². The van der Waals surface area contributed by atoms with Gasteiger partial charge in [-0.3, -0.25) is 0 Å². The lowest BCUT2D eigenvalue weighted by molar-refractivity contribution is 0.383. The van der Waals surface area contributed by atoms with Crippen LogP contribution in [0.1, 0.15) is 66.2 Å². The van der Waals surface area contributed by atoms with Gasteiger partial charge in [0.1, 0.15) is 0 Å². The molecule has 0 fully saturated rings. The second kappa shape index (κ2) is 11.4. The molecule has 0 aliphatic carbocycles. The molecule has 0 amide bonds. The first-order valence-corrected chi connectivity index (χ1v) is 19.8. The molecule has 0 N–H and O–H groups in total. The maximum absolute atomic E-state index is 6.72. The highest BCUT2D eigenvalue weighted by molar-refractivity contribution is 6.87. The standard InChI is InChI=1S/C20H48O2Si3/c1-11-19(3)15-13-17-23(5,6)21-25(9,10)22-24(7,8)18-14-16-20(4)12-2/h19-20H,11-18H2,1-10H3/t19-,20?/m1/s1. The van der Waals surface area contributed by atoms with Crippen LogP contribution in [-0.2, 0) is 8.23 Å². The molecule has 25 heavy (non-hydrogen) atoms. The van der Waals surface area contributed by atoms with Crippen LogP contribution in [0.25, 0.3) is 0 Å². The molecular formula is C20H48O2Si3. The smallest absolute Gasteiger partial charge is 0.311 e. The quantitative estimate of drug-likeness (QED) is 0.275. The first-order valence-electron chi connectivity index (χ1n) is 10.7. The van der Waals surface area contributed by atoms with Crippen molar-refractivity contribution < 1.29 is 8.23 Å². The zero-order valence-corrected chi connectivity index (χ0v) is 22.1. The van der Waals surface area contributed by atoms with Crippen LogP contribution in [0.5, 0.6) is 0 Å². The summed E-state index contributed by atoms with van der Waals surface area (Å²) in [4.78, 5) is 0. The van der Waals surface area contributed by atoms with E-state index in [0.29, 0.717) is 0 Å². The van der Waals surface area contributed by atoms with Crippen LogP contribution in [0, 0.1) is 11.8 Å². The minimum Gasteiger partial charge on any atom is -0.437 e. The van der Waals surface area contributed by atoms with Crippen molar-refractivity contribution in [2.45, 2.75) is 118 Å². The molecule has 0 aromatic carbocycles. The Morgan fingerprint density at radius 1 is 0.640 bits per heavy atom. The second-order valence-corrected chi connectivity index (χ2v) is 22.4. The minimum atomic E-state index is -2.02. The molecular weight excluding hydrogens is 356 g/mol. The Morgan fingerprint density at radius 3 is 1.24 bits per heavy atom. The van der Waals surface area contributed by atoms with Gasteiger partial charge in [0.25, 0.3) is 0 Å². The fourth-order valence-electron chi connectivity index (χ4n) is 3.61. The van der Waals surface area contributed by atoms with Crippen molar-refractivity contribution in [3.63, 3.8) is 0 Å². The van der Waals surface area contributed by atoms with Gasteiger partial charge in [-0.05, 0) is 63.2 Å². The molecule has 0 aliphatic heterocycles. The maximum Gasteiger partial charge on any atom is 0.311 e. The molecule has 0 aromatic heterocycles. The molecule has 0 saturated carbocycles. The zero-order valence-electron chi connectivity index (χ0n) is 19.1. The number of hydrogen-bond acceptors (Lipinski definition) is 2. The number of rotatable bonds is 14. The average molecular weight is 405 g/mol. The second-order valence-electron chi connectivity index (χ2n) is 9.93. The monoisotopic (exact) mass is 404 g/mol. The van der Waals surface area contributed by atoms with Gasteiger partial charge in [-0.15, -0.1) is 0 Å². The molecule has 0 aliphatic rings. The van der Waals surface area contributed by atoms with E-state index in [0.717, 1.165) is 11.8 Å². The summed E-state index contributed by atoms with van der Waals surface area (Å²) in [6, 6.07) is 2.54. The van der Waals surface area contributed by atoms with Crippen LogP contribution < -0.4 is 0 Å². The van der Waals surface area contributed by atoms with Gasteiger partial charge < -0.3 is 8.23 Å². The highest BCUT2D eigenvalue weighted by atomic mass is 28.5. The van der Waals surface area contributed by atoms with Gasteiger partial charge in [0.05, 0.1) is 0 Å². The van der Waals surface area contributed by atoms with Gasteiger partial charge >= 0.3 is 8.56 Å². The highest BCUT2D eigenvalue weighted by Gasteiger charge is 2.39. The van der Waals surface area contributed by atoms with E-state index in [2.05, 4.69) is 67.0 Å². The topological polar surface area (TPSA) is 18.5 Å². The molecule has 152 valence electrons. The molecule has 1 unspecified atom stereocenters. The molecule has 0 bridgehead atoms. The van der Waals surface area contributed by atoms with Gasteiger partial charge in [-0.2, -0.15) is 0 Å². The molecule has 2 atom stereocenters. The van der Waals surface area contributed by atoms with Crippen molar-refractivity contribution in [2.75, 3.05) is 0 Å². The average Bonchev–Trinajstić information content (AvgIpc) is 2.43. The summed E-state index contributed by atoms with van der Waals surface area (Å²) < 4.78 is 13.4. The van der Waals surface area contributed by atoms with E-state index in [1.165, 1.54) is 50.6 Å². The molecule has 0 spiro atoms. The fraction of sp³-hybridized carbons (Fsp3) is 1.00. The molecule has 0 heterocycles. The molecule has 0 radical (unpaired) electrons. The van der Waals surface area contributed by atoms with Gasteiger partial charge in [0.15, 0.2) is 16.6 Å². The predicted molar refractivity (Wildman–Crippen MR) is 122 cm³/mol. The summed E-state index contributed by atoms with van der Waals surface area (Å²) in [5, 5.41) is 0. The summed E-state index contributed by atoms with van der Waals surface area (Å²) in [5.41, 5.74) is 0. The number of hydrogen-bond donors (Lipinski definition) is 0. The van der Waals surface area contributed by atoms with E-state index in [9.17, 15) is 0 Å². The summed E-state index contributed by atoms with van der Waals surface area (Å²) in [7, 11) is -5.25. The van der Waals surface area contributed by atoms with Crippen LogP contribution >= 0.6 is 0 Å². The first kappa shape index (κ1) is 25.6. The van der Waals surface area contributed by atoms with Gasteiger partial charge in [-0.25, -0.2) is 0 Å². The van der Waals surface area contributed by atoms with E-state index in [1.807, 2.05) is 0 Å². The van der Waals surface area contributed by atoms with Crippen molar-refractivity contribution in [3.05, 3.63) is 0 Å². The van der Waals surface area contributed by atoms with Crippen LogP contribution in [-0.4, -0.2) is 25.2 Å². The summed E-state index contributed by atoms with van der Waals surface area (Å²) in [6.45, 7) is 23.4. The van der Waals surface area contributed by atoms with Crippen molar-refractivity contribution in [1.82, 2.24) is 0 Å². The molecule has 0 aromatic rings. The minimum absolute atomic E-state index is 0.850. The van der Waals surface area contributed by atoms with Crippen LogP contribution in [0.3, 0.4) is 0 Å². The van der Waals surface area contributed by atoms with Crippen molar-refractivity contribution in [2.24, 2.45) is 11.8 Å². The van der Waals surface area contributed by atoms with E-state index in [4.69, 9.17) is 8.23 Å². The van der Waals surface area contributed by atoms with Gasteiger partial charge in [0.2, 0.25) is 0 Å². The zero-order chi connectivity index (χ0) is 19.7. The first-order chi connectivity index (χ1) is 11.3. The van der Waals surface area contributed by atoms with Crippen LogP contribution in [0.2, 0.25) is 51.4 Å². The van der Waals surface area contributed by atoms with Crippen molar-refractivity contribution in [1.29, 1.82) is 0 Å². The van der Waals surface area contributed by atoms with E-state index < -0.39 is 25.2 Å². The highest BCUT2D eigenvalue weighted by Crippen LogP contribution is 2.28. The van der Waals surface area contributed by atoms with Crippen molar-refractivity contribution in [3.8, 4) is 0 Å². The summed E-state index contributed by atoms with van der Waals surface area (Å²) in [5.74, 6) is 1.70. The molecule has 0 saturated heterocycles. The maximum atomic E-state index is 6.72. The van der Waals surface area contributed by atoms with E-state index in [1.54, 1.807) is 0 Å². The lowest BCUT2D eigenvalue weighted by Gasteiger charge is -2.39. The van der Waals surface area contributed by atoms with Gasteiger partial charge in [0, 0.05) is 0 Å². The Morgan fingerprint density at radius 2 is 0.960 bits per heavy atom. The predicted octanol–water partition coefficient (Wildman–Crippen LogP) is 7.78. The Bertz CT molecular complexity index is 325. The Labute approximate surface area is 163 Å². The van der Waals surface area contributed by atoms with Crippen LogP contribution in [0.4, 0.5) is 0 Å². The Hall–Kier alpha value is 0.571. The van der Waals surface area contributed by atoms with Crippen molar-refractivity contribution >= 4 is 25.2 Å². The Kier molecular flexibility index (Phi) is 11.7. The third-order valence-electron chi connectivity index (χ3n) is 5.39. The fourth-order valence-corrected chi connectivity index (χ4v) is 17.7. The molecule has 2 nitrogen and oxygen atoms in total. The summed E-state index contributed by atoms with van der Waals surface area (Å²) in [6.07, 6.45) is 7.90. The third-order valence-corrected chi connectivity index (χ3v) is 16.9. The summed E-state index contributed by atoms with van der Waals surface area (Å²) >= 11 is 0.